The first-order valence-corrected chi connectivity index (χ1v) is 31.0. The van der Waals surface area contributed by atoms with Crippen LogP contribution in [-0.2, 0) is 20.0 Å². The summed E-state index contributed by atoms with van der Waals surface area (Å²) in [4.78, 5) is 16.6. The number of anilines is 1. The first-order chi connectivity index (χ1) is 36.7. The average Bonchev–Trinajstić information content (AvgIpc) is 4.12. The molecule has 10 rings (SSSR count). The molecule has 6 N–H and O–H groups in total. The van der Waals surface area contributed by atoms with Crippen LogP contribution in [-0.4, -0.2) is 79.2 Å². The van der Waals surface area contributed by atoms with Crippen LogP contribution in [0.1, 0.15) is 100 Å². The number of aliphatic hydroxyl groups excluding tert-OH is 2. The van der Waals surface area contributed by atoms with Crippen molar-refractivity contribution in [3.8, 4) is 0 Å². The number of aromatic nitrogens is 6. The Balaban J connectivity index is 0.000000164. The third-order valence-corrected chi connectivity index (χ3v) is 19.5. The van der Waals surface area contributed by atoms with E-state index in [1.165, 1.54) is 14.1 Å². The highest BCUT2D eigenvalue weighted by atomic mass is 79.9. The van der Waals surface area contributed by atoms with E-state index in [0.717, 1.165) is 99.2 Å². The molecule has 0 aliphatic heterocycles. The van der Waals surface area contributed by atoms with Gasteiger partial charge in [-0.05, 0) is 194 Å². The highest BCUT2D eigenvalue weighted by Gasteiger charge is 2.28. The molecular formula is C56H61Br3Cl2N8O6S2. The van der Waals surface area contributed by atoms with Gasteiger partial charge in [0.1, 0.15) is 5.65 Å². The number of benzene rings is 2. The molecule has 0 radical (unpaired) electrons. The molecule has 77 heavy (non-hydrogen) atoms. The van der Waals surface area contributed by atoms with Gasteiger partial charge in [0.05, 0.1) is 62.5 Å². The fraction of sp³-hybridized carbons (Fsp3) is 0.304. The molecule has 0 atom stereocenters. The minimum Gasteiger partial charge on any atom is -0.393 e. The van der Waals surface area contributed by atoms with Crippen molar-refractivity contribution in [2.75, 3.05) is 5.32 Å². The number of aryl methyl sites for hydroxylation is 2. The zero-order valence-corrected chi connectivity index (χ0v) is 51.0. The number of nitrogens with one attached hydrogen (secondary N) is 2. The number of nitrogens with zero attached hydrogens (tertiary/aromatic N) is 5. The Hall–Kier alpha value is -4.67. The Bertz CT molecular complexity index is 3670. The van der Waals surface area contributed by atoms with Crippen LogP contribution in [0.2, 0.25) is 10.0 Å². The number of H-pyrrole nitrogens is 1. The summed E-state index contributed by atoms with van der Waals surface area (Å²) in [6.45, 7) is 9.48. The van der Waals surface area contributed by atoms with Gasteiger partial charge in [0, 0.05) is 52.5 Å². The minimum atomic E-state index is -3.84. The Morgan fingerprint density at radius 2 is 1.04 bits per heavy atom. The van der Waals surface area contributed by atoms with Gasteiger partial charge in [0.15, 0.2) is 11.3 Å². The first-order valence-electron chi connectivity index (χ1n) is 25.0. The van der Waals surface area contributed by atoms with Crippen molar-refractivity contribution in [2.45, 2.75) is 120 Å². The number of pyridine rings is 3. The number of aliphatic hydroxyl groups is 2. The largest absolute Gasteiger partial charge is 0.393 e. The Morgan fingerprint density at radius 1 is 0.610 bits per heavy atom. The maximum absolute atomic E-state index is 13.6. The molecule has 0 unspecified atom stereocenters. The van der Waals surface area contributed by atoms with Crippen LogP contribution < -0.4 is 11.1 Å². The molecule has 6 heterocycles. The normalized spacial score (nSPS) is 18.1. The second-order valence-corrected chi connectivity index (χ2v) is 25.7. The summed E-state index contributed by atoms with van der Waals surface area (Å²) in [5.74, 6) is 0. The van der Waals surface area contributed by atoms with E-state index in [4.69, 9.17) is 34.0 Å². The van der Waals surface area contributed by atoms with Crippen LogP contribution >= 0.6 is 71.0 Å². The lowest BCUT2D eigenvalue weighted by Crippen LogP contribution is -2.28. The van der Waals surface area contributed by atoms with E-state index in [9.17, 15) is 21.9 Å². The Morgan fingerprint density at radius 3 is 1.52 bits per heavy atom. The summed E-state index contributed by atoms with van der Waals surface area (Å²) in [5.41, 5.74) is 12.0. The SMILES string of the molecule is C/C=C/c1cc2c(Cl)c(Br)cnc2[nH]1.C/C=C/c1cc2c(Cl)c(Br)cnc2n1S(=O)(=O)c1ccc(C)cc1.C/C=C/c1cc2c(NC3CCC(O)CC3)c(Br)cnc2n1S(=O)(=O)c1ccc(C)cc1.NC1CCC(O)CC1. The van der Waals surface area contributed by atoms with E-state index >= 15 is 0 Å². The summed E-state index contributed by atoms with van der Waals surface area (Å²) >= 11 is 22.7. The van der Waals surface area contributed by atoms with Crippen molar-refractivity contribution in [2.24, 2.45) is 5.73 Å². The summed E-state index contributed by atoms with van der Waals surface area (Å²) < 4.78 is 58.2. The van der Waals surface area contributed by atoms with Crippen LogP contribution in [0.4, 0.5) is 5.69 Å². The van der Waals surface area contributed by atoms with E-state index < -0.39 is 20.0 Å². The first kappa shape index (κ1) is 60.0. The molecular weight excluding hydrogens is 1260 g/mol. The molecule has 2 aliphatic carbocycles. The molecule has 0 spiro atoms. The number of nitrogens with two attached hydrogens (primary N) is 1. The predicted octanol–water partition coefficient (Wildman–Crippen LogP) is 14.4. The third kappa shape index (κ3) is 14.2. The van der Waals surface area contributed by atoms with Gasteiger partial charge in [-0.1, -0.05) is 76.8 Å². The summed E-state index contributed by atoms with van der Waals surface area (Å²) in [6.07, 6.45) is 22.6. The zero-order chi connectivity index (χ0) is 55.8. The molecule has 2 saturated carbocycles. The maximum Gasteiger partial charge on any atom is 0.269 e. The molecule has 0 saturated heterocycles. The van der Waals surface area contributed by atoms with Gasteiger partial charge < -0.3 is 26.2 Å². The van der Waals surface area contributed by atoms with E-state index in [-0.39, 0.29) is 28.0 Å². The van der Waals surface area contributed by atoms with Crippen LogP contribution in [0.25, 0.3) is 51.3 Å². The van der Waals surface area contributed by atoms with Gasteiger partial charge in [-0.3, -0.25) is 0 Å². The number of allylic oxidation sites excluding steroid dienone is 3. The molecule has 6 aromatic heterocycles. The minimum absolute atomic E-state index is 0.0604. The smallest absolute Gasteiger partial charge is 0.269 e. The van der Waals surface area contributed by atoms with E-state index in [2.05, 4.69) is 73.0 Å². The summed E-state index contributed by atoms with van der Waals surface area (Å²) in [7, 11) is -7.63. The topological polar surface area (TPSA) is 211 Å². The fourth-order valence-corrected chi connectivity index (χ4v) is 13.3. The van der Waals surface area contributed by atoms with Crippen molar-refractivity contribution < 1.29 is 27.0 Å². The lowest BCUT2D eigenvalue weighted by atomic mass is 9.93. The van der Waals surface area contributed by atoms with Gasteiger partial charge in [0.25, 0.3) is 20.0 Å². The zero-order valence-electron chi connectivity index (χ0n) is 43.1. The molecule has 0 amide bonds. The van der Waals surface area contributed by atoms with Crippen LogP contribution in [0.15, 0.2) is 127 Å². The van der Waals surface area contributed by atoms with Gasteiger partial charge in [0.2, 0.25) is 0 Å². The second kappa shape index (κ2) is 26.5. The molecule has 0 bridgehead atoms. The standard InChI is InChI=1S/C23H26BrN3O3S.C17H14BrClN2O2S.C10H8BrClN2.C6H13NO/c1-3-4-17-13-20-22(26-16-7-9-18(28)10-8-16)21(24)14-25-23(20)27(17)31(29,30)19-11-5-15(2)6-12-19;1-3-4-12-9-14-16(19)15(18)10-20-17(14)21(12)24(22,23)13-7-5-11(2)6-8-13;1-2-3-6-4-7-9(12)8(11)5-13-10(7)14-6;7-5-1-3-6(8)4-2-5/h3-6,11-14,16,18,28H,7-10H2,1-2H3,(H,25,26);3-10H,1-2H3;2-5H,1H3,(H,13,14);5-6,8H,1-4,7H2/b2*4-3+;3-2+;. The summed E-state index contributed by atoms with van der Waals surface area (Å²) in [5, 5.41) is 25.7. The number of rotatable bonds is 9. The molecule has 408 valence electrons. The number of halogens is 5. The predicted molar refractivity (Wildman–Crippen MR) is 325 cm³/mol. The van der Waals surface area contributed by atoms with Gasteiger partial charge in [-0.25, -0.2) is 39.7 Å². The number of hydrogen-bond donors (Lipinski definition) is 5. The number of hydrogen-bond acceptors (Lipinski definition) is 11. The van der Waals surface area contributed by atoms with E-state index in [1.807, 2.05) is 65.0 Å². The quantitative estimate of drug-likeness (QED) is 0.0917. The molecule has 2 aromatic carbocycles. The van der Waals surface area contributed by atoms with Crippen molar-refractivity contribution >= 4 is 148 Å². The monoisotopic (exact) mass is 1310 g/mol. The molecule has 21 heteroatoms. The molecule has 14 nitrogen and oxygen atoms in total. The Labute approximate surface area is 485 Å². The van der Waals surface area contributed by atoms with E-state index in [1.54, 1.807) is 85.2 Å². The van der Waals surface area contributed by atoms with Gasteiger partial charge in [-0.2, -0.15) is 0 Å². The molecule has 2 fully saturated rings. The van der Waals surface area contributed by atoms with Crippen molar-refractivity contribution in [1.82, 2.24) is 27.9 Å². The molecule has 2 aliphatic rings. The van der Waals surface area contributed by atoms with Crippen molar-refractivity contribution in [1.29, 1.82) is 0 Å². The number of aromatic amines is 1. The summed E-state index contributed by atoms with van der Waals surface area (Å²) in [6, 6.07) is 19.7. The maximum atomic E-state index is 13.6. The fourth-order valence-electron chi connectivity index (χ4n) is 8.90. The van der Waals surface area contributed by atoms with Gasteiger partial charge in [-0.15, -0.1) is 0 Å². The van der Waals surface area contributed by atoms with Crippen molar-refractivity contribution in [3.63, 3.8) is 0 Å². The number of fused-ring (bicyclic) bond motifs is 3. The highest BCUT2D eigenvalue weighted by Crippen LogP contribution is 2.38. The second-order valence-electron chi connectivity index (χ2n) is 18.8. The highest BCUT2D eigenvalue weighted by molar-refractivity contribution is 9.11. The molecule has 8 aromatic rings. The van der Waals surface area contributed by atoms with Crippen LogP contribution in [0.3, 0.4) is 0 Å². The van der Waals surface area contributed by atoms with E-state index in [0.29, 0.717) is 48.6 Å². The van der Waals surface area contributed by atoms with Crippen LogP contribution in [0.5, 0.6) is 0 Å². The lowest BCUT2D eigenvalue weighted by Gasteiger charge is -2.27. The van der Waals surface area contributed by atoms with Crippen LogP contribution in [0, 0.1) is 13.8 Å². The average molecular weight is 1320 g/mol. The lowest BCUT2D eigenvalue weighted by molar-refractivity contribution is 0.123. The third-order valence-electron chi connectivity index (χ3n) is 13.0. The Kier molecular flexibility index (Phi) is 20.7. The van der Waals surface area contributed by atoms with Gasteiger partial charge >= 0.3 is 0 Å². The van der Waals surface area contributed by atoms with Crippen molar-refractivity contribution in [3.05, 3.63) is 155 Å².